The van der Waals surface area contributed by atoms with Gasteiger partial charge in [0.05, 0.1) is 0 Å². The van der Waals surface area contributed by atoms with Crippen LogP contribution in [-0.2, 0) is 20.0 Å². The molecule has 12 heteroatoms. The Balaban J connectivity index is 1.74. The summed E-state index contributed by atoms with van der Waals surface area (Å²) in [5, 5.41) is 0.345. The van der Waals surface area contributed by atoms with Gasteiger partial charge in [-0.2, -0.15) is 0 Å². The molecule has 0 aliphatic carbocycles. The molecule has 0 spiro atoms. The van der Waals surface area contributed by atoms with Gasteiger partial charge in [-0.1, -0.05) is 23.2 Å². The number of hydrogen-bond acceptors (Lipinski definition) is 6. The molecule has 0 aliphatic heterocycles. The topological polar surface area (TPSA) is 118 Å². The summed E-state index contributed by atoms with van der Waals surface area (Å²) in [7, 11) is -7.71. The van der Waals surface area contributed by atoms with Gasteiger partial charge >= 0.3 is 0 Å². The maximum atomic E-state index is 12.3. The lowest BCUT2D eigenvalue weighted by molar-refractivity contribution is 0.599. The van der Waals surface area contributed by atoms with Gasteiger partial charge in [0, 0.05) is 23.8 Å². The Morgan fingerprint density at radius 3 is 1.25 bits per heavy atom. The van der Waals surface area contributed by atoms with Crippen LogP contribution in [0.25, 0.3) is 0 Å². The van der Waals surface area contributed by atoms with Gasteiger partial charge in [-0.15, -0.1) is 0 Å². The van der Waals surface area contributed by atoms with Gasteiger partial charge in [0.1, 0.15) is 20.1 Å². The molecule has 8 nitrogen and oxygen atoms in total. The SMILES string of the molecule is O=S(=O)(Nc1ccc(NS(=O)(=O)c2ccc(Cl)nc2)cc1)c1ccc(Cl)nc1. The largest absolute Gasteiger partial charge is 0.280 e. The number of halogens is 2. The zero-order chi connectivity index (χ0) is 20.4. The number of nitrogens with one attached hydrogen (secondary N) is 2. The Hall–Kier alpha value is -2.40. The van der Waals surface area contributed by atoms with Crippen molar-refractivity contribution in [3.05, 3.63) is 71.2 Å². The Morgan fingerprint density at radius 2 is 0.964 bits per heavy atom. The van der Waals surface area contributed by atoms with E-state index in [4.69, 9.17) is 23.2 Å². The van der Waals surface area contributed by atoms with Crippen LogP contribution in [0.3, 0.4) is 0 Å². The van der Waals surface area contributed by atoms with Crippen LogP contribution in [0, 0.1) is 0 Å². The molecular formula is C16H12Cl2N4O4S2. The number of rotatable bonds is 6. The molecule has 0 fully saturated rings. The summed E-state index contributed by atoms with van der Waals surface area (Å²) in [5.41, 5.74) is 0.483. The third-order valence-corrected chi connectivity index (χ3v) is 6.59. The van der Waals surface area contributed by atoms with E-state index in [0.29, 0.717) is 0 Å². The lowest BCUT2D eigenvalue weighted by Gasteiger charge is -2.10. The van der Waals surface area contributed by atoms with Crippen molar-refractivity contribution in [2.45, 2.75) is 9.79 Å². The highest BCUT2D eigenvalue weighted by Crippen LogP contribution is 2.21. The van der Waals surface area contributed by atoms with Gasteiger partial charge in [-0.25, -0.2) is 26.8 Å². The van der Waals surface area contributed by atoms with Gasteiger partial charge in [-0.05, 0) is 48.5 Å². The van der Waals surface area contributed by atoms with Crippen LogP contribution in [0.1, 0.15) is 0 Å². The van der Waals surface area contributed by atoms with Crippen molar-refractivity contribution < 1.29 is 16.8 Å². The van der Waals surface area contributed by atoms with Crippen LogP contribution in [-0.4, -0.2) is 26.8 Å². The van der Waals surface area contributed by atoms with Crippen molar-refractivity contribution >= 4 is 54.6 Å². The summed E-state index contributed by atoms with van der Waals surface area (Å²) >= 11 is 11.3. The second-order valence-corrected chi connectivity index (χ2v) is 9.56. The molecule has 2 heterocycles. The summed E-state index contributed by atoms with van der Waals surface area (Å²) in [6.07, 6.45) is 2.26. The number of hydrogen-bond donors (Lipinski definition) is 2. The number of anilines is 2. The summed E-state index contributed by atoms with van der Waals surface area (Å²) in [6.45, 7) is 0. The highest BCUT2D eigenvalue weighted by atomic mass is 35.5. The second-order valence-electron chi connectivity index (χ2n) is 5.42. The molecule has 0 bridgehead atoms. The highest BCUT2D eigenvalue weighted by molar-refractivity contribution is 7.93. The van der Waals surface area contributed by atoms with Crippen LogP contribution in [0.4, 0.5) is 11.4 Å². The van der Waals surface area contributed by atoms with Crippen LogP contribution >= 0.6 is 23.2 Å². The standard InChI is InChI=1S/C16H12Cl2N4O4S2/c17-15-7-5-13(9-19-15)27(23,24)21-11-1-2-12(4-3-11)22-28(25,26)14-6-8-16(18)20-10-14/h1-10,21-22H. The van der Waals surface area contributed by atoms with Gasteiger partial charge in [0.15, 0.2) is 0 Å². The lowest BCUT2D eigenvalue weighted by atomic mass is 10.3. The third-order valence-electron chi connectivity index (χ3n) is 3.41. The third kappa shape index (κ3) is 4.90. The molecule has 146 valence electrons. The zero-order valence-electron chi connectivity index (χ0n) is 13.9. The minimum absolute atomic E-state index is 0.0584. The molecule has 3 rings (SSSR count). The Morgan fingerprint density at radius 1 is 0.607 bits per heavy atom. The number of nitrogens with zero attached hydrogens (tertiary/aromatic N) is 2. The normalized spacial score (nSPS) is 11.8. The molecule has 0 atom stereocenters. The summed E-state index contributed by atoms with van der Waals surface area (Å²) < 4.78 is 54.0. The predicted molar refractivity (Wildman–Crippen MR) is 107 cm³/mol. The number of pyridine rings is 2. The molecule has 28 heavy (non-hydrogen) atoms. The van der Waals surface area contributed by atoms with Gasteiger partial charge in [0.2, 0.25) is 0 Å². The van der Waals surface area contributed by atoms with E-state index in [1.807, 2.05) is 0 Å². The van der Waals surface area contributed by atoms with Crippen LogP contribution in [0.5, 0.6) is 0 Å². The number of aromatic nitrogens is 2. The first-order valence-electron chi connectivity index (χ1n) is 7.54. The molecule has 0 saturated heterocycles. The van der Waals surface area contributed by atoms with Crippen molar-refractivity contribution in [1.29, 1.82) is 0 Å². The first kappa shape index (κ1) is 20.3. The Labute approximate surface area is 171 Å². The smallest absolute Gasteiger partial charge is 0.263 e. The highest BCUT2D eigenvalue weighted by Gasteiger charge is 2.16. The van der Waals surface area contributed by atoms with Crippen LogP contribution in [0.15, 0.2) is 70.7 Å². The van der Waals surface area contributed by atoms with Crippen LogP contribution < -0.4 is 9.44 Å². The molecule has 3 aromatic rings. The quantitative estimate of drug-likeness (QED) is 0.546. The minimum atomic E-state index is -3.86. The summed E-state index contributed by atoms with van der Waals surface area (Å²) in [5.74, 6) is 0. The van der Waals surface area contributed by atoms with Crippen molar-refractivity contribution in [3.8, 4) is 0 Å². The predicted octanol–water partition coefficient (Wildman–Crippen LogP) is 3.39. The summed E-state index contributed by atoms with van der Waals surface area (Å²) in [4.78, 5) is 7.35. The van der Waals surface area contributed by atoms with Gasteiger partial charge < -0.3 is 0 Å². The molecule has 0 radical (unpaired) electrons. The fourth-order valence-corrected chi connectivity index (χ4v) is 4.31. The maximum Gasteiger partial charge on any atom is 0.263 e. The summed E-state index contributed by atoms with van der Waals surface area (Å²) in [6, 6.07) is 11.0. The van der Waals surface area contributed by atoms with Crippen molar-refractivity contribution in [3.63, 3.8) is 0 Å². The molecule has 0 aliphatic rings. The van der Waals surface area contributed by atoms with Gasteiger partial charge in [-0.3, -0.25) is 9.44 Å². The zero-order valence-corrected chi connectivity index (χ0v) is 17.0. The molecular weight excluding hydrogens is 447 g/mol. The molecule has 1 aromatic carbocycles. The Kier molecular flexibility index (Phi) is 5.75. The molecule has 0 saturated carbocycles. The maximum absolute atomic E-state index is 12.3. The minimum Gasteiger partial charge on any atom is -0.280 e. The molecule has 0 amide bonds. The lowest BCUT2D eigenvalue weighted by Crippen LogP contribution is -2.14. The van der Waals surface area contributed by atoms with E-state index < -0.39 is 20.0 Å². The van der Waals surface area contributed by atoms with E-state index in [1.165, 1.54) is 48.5 Å². The van der Waals surface area contributed by atoms with Crippen LogP contribution in [0.2, 0.25) is 10.3 Å². The van der Waals surface area contributed by atoms with E-state index >= 15 is 0 Å². The Bertz CT molecular complexity index is 1090. The van der Waals surface area contributed by atoms with E-state index in [2.05, 4.69) is 19.4 Å². The fourth-order valence-electron chi connectivity index (χ4n) is 2.08. The number of sulfonamides is 2. The average Bonchev–Trinajstić information content (AvgIpc) is 2.64. The molecule has 0 unspecified atom stereocenters. The fraction of sp³-hybridized carbons (Fsp3) is 0. The van der Waals surface area contributed by atoms with Crippen molar-refractivity contribution in [1.82, 2.24) is 9.97 Å². The first-order valence-corrected chi connectivity index (χ1v) is 11.3. The van der Waals surface area contributed by atoms with E-state index in [-0.39, 0.29) is 31.5 Å². The van der Waals surface area contributed by atoms with E-state index in [1.54, 1.807) is 0 Å². The molecule has 2 N–H and O–H groups in total. The number of benzene rings is 1. The van der Waals surface area contributed by atoms with Gasteiger partial charge in [0.25, 0.3) is 20.0 Å². The second kappa shape index (κ2) is 7.92. The first-order chi connectivity index (χ1) is 13.2. The van der Waals surface area contributed by atoms with E-state index in [9.17, 15) is 16.8 Å². The van der Waals surface area contributed by atoms with Crippen molar-refractivity contribution in [2.75, 3.05) is 9.44 Å². The monoisotopic (exact) mass is 458 g/mol. The van der Waals surface area contributed by atoms with E-state index in [0.717, 1.165) is 12.4 Å². The average molecular weight is 459 g/mol. The van der Waals surface area contributed by atoms with Crippen molar-refractivity contribution in [2.24, 2.45) is 0 Å². The molecule has 2 aromatic heterocycles.